The topological polar surface area (TPSA) is 77.7 Å². The number of hydrazone groups is 1. The number of para-hydroxylation sites is 2. The van der Waals surface area contributed by atoms with Gasteiger partial charge < -0.3 is 14.0 Å². The number of amides is 1. The van der Waals surface area contributed by atoms with Gasteiger partial charge in [0.2, 0.25) is 0 Å². The van der Waals surface area contributed by atoms with Gasteiger partial charge in [0.25, 0.3) is 5.91 Å². The molecule has 29 heavy (non-hydrogen) atoms. The SMILES string of the molecule is CCOc1ccc(/C=N\NC(=O)CSc2nc3ccccc3n2CC)cc1OC. The predicted molar refractivity (Wildman–Crippen MR) is 116 cm³/mol. The molecule has 0 bridgehead atoms. The third-order valence-corrected chi connectivity index (χ3v) is 5.13. The minimum Gasteiger partial charge on any atom is -0.493 e. The molecular formula is C21H24N4O3S. The minimum atomic E-state index is -0.195. The Labute approximate surface area is 174 Å². The molecular weight excluding hydrogens is 388 g/mol. The first-order valence-electron chi connectivity index (χ1n) is 9.37. The van der Waals surface area contributed by atoms with E-state index in [-0.39, 0.29) is 11.7 Å². The molecule has 3 aromatic rings. The van der Waals surface area contributed by atoms with Gasteiger partial charge in [0, 0.05) is 6.54 Å². The molecule has 1 heterocycles. The number of thioether (sulfide) groups is 1. The van der Waals surface area contributed by atoms with E-state index in [1.165, 1.54) is 11.8 Å². The van der Waals surface area contributed by atoms with Gasteiger partial charge >= 0.3 is 0 Å². The fourth-order valence-electron chi connectivity index (χ4n) is 2.85. The lowest BCUT2D eigenvalue weighted by Gasteiger charge is -2.09. The standard InChI is InChI=1S/C21H24N4O3S/c1-4-25-17-9-7-6-8-16(17)23-21(25)29-14-20(26)24-22-13-15-10-11-18(28-5-2)19(12-15)27-3/h6-13H,4-5,14H2,1-3H3,(H,24,26)/b22-13-. The van der Waals surface area contributed by atoms with Gasteiger partial charge in [-0.15, -0.1) is 0 Å². The second kappa shape index (κ2) is 9.97. The van der Waals surface area contributed by atoms with E-state index in [2.05, 4.69) is 27.0 Å². The van der Waals surface area contributed by atoms with E-state index in [0.717, 1.165) is 28.3 Å². The second-order valence-electron chi connectivity index (χ2n) is 6.05. The minimum absolute atomic E-state index is 0.195. The average Bonchev–Trinajstić information content (AvgIpc) is 3.11. The van der Waals surface area contributed by atoms with E-state index in [9.17, 15) is 4.79 Å². The third kappa shape index (κ3) is 5.08. The normalized spacial score (nSPS) is 11.1. The van der Waals surface area contributed by atoms with Crippen molar-refractivity contribution < 1.29 is 14.3 Å². The van der Waals surface area contributed by atoms with E-state index in [4.69, 9.17) is 9.47 Å². The van der Waals surface area contributed by atoms with Crippen LogP contribution in [0.1, 0.15) is 19.4 Å². The van der Waals surface area contributed by atoms with Gasteiger partial charge in [-0.1, -0.05) is 23.9 Å². The lowest BCUT2D eigenvalue weighted by molar-refractivity contribution is -0.118. The number of ether oxygens (including phenoxy) is 2. The number of benzene rings is 2. The molecule has 0 spiro atoms. The number of hydrogen-bond donors (Lipinski definition) is 1. The van der Waals surface area contributed by atoms with Crippen molar-refractivity contribution >= 4 is 34.9 Å². The zero-order valence-corrected chi connectivity index (χ0v) is 17.5. The summed E-state index contributed by atoms with van der Waals surface area (Å²) in [7, 11) is 1.58. The molecule has 2 aromatic carbocycles. The van der Waals surface area contributed by atoms with Crippen LogP contribution in [-0.2, 0) is 11.3 Å². The Kier molecular flexibility index (Phi) is 7.13. The summed E-state index contributed by atoms with van der Waals surface area (Å²) in [6.07, 6.45) is 1.57. The number of fused-ring (bicyclic) bond motifs is 1. The van der Waals surface area contributed by atoms with Crippen LogP contribution in [0.3, 0.4) is 0 Å². The van der Waals surface area contributed by atoms with E-state index in [1.54, 1.807) is 19.4 Å². The number of nitrogens with zero attached hydrogens (tertiary/aromatic N) is 3. The summed E-state index contributed by atoms with van der Waals surface area (Å²) in [5.74, 6) is 1.33. The third-order valence-electron chi connectivity index (χ3n) is 4.16. The maximum atomic E-state index is 12.2. The summed E-state index contributed by atoms with van der Waals surface area (Å²) >= 11 is 1.39. The van der Waals surface area contributed by atoms with E-state index in [0.29, 0.717) is 18.1 Å². The van der Waals surface area contributed by atoms with E-state index in [1.807, 2.05) is 43.3 Å². The number of imidazole rings is 1. The van der Waals surface area contributed by atoms with Gasteiger partial charge in [-0.2, -0.15) is 5.10 Å². The van der Waals surface area contributed by atoms with Crippen molar-refractivity contribution in [3.63, 3.8) is 0 Å². The summed E-state index contributed by atoms with van der Waals surface area (Å²) in [4.78, 5) is 16.8. The van der Waals surface area contributed by atoms with Gasteiger partial charge in [0.1, 0.15) is 0 Å². The molecule has 1 amide bonds. The van der Waals surface area contributed by atoms with Crippen molar-refractivity contribution in [1.82, 2.24) is 15.0 Å². The summed E-state index contributed by atoms with van der Waals surface area (Å²) in [6.45, 7) is 5.33. The maximum Gasteiger partial charge on any atom is 0.250 e. The summed E-state index contributed by atoms with van der Waals surface area (Å²) in [5, 5.41) is 4.85. The lowest BCUT2D eigenvalue weighted by Crippen LogP contribution is -2.20. The highest BCUT2D eigenvalue weighted by atomic mass is 32.2. The Bertz CT molecular complexity index is 1020. The Morgan fingerprint density at radius 1 is 1.24 bits per heavy atom. The molecule has 1 N–H and O–H groups in total. The van der Waals surface area contributed by atoms with Gasteiger partial charge in [-0.25, -0.2) is 10.4 Å². The summed E-state index contributed by atoms with van der Waals surface area (Å²) in [5.41, 5.74) is 5.35. The maximum absolute atomic E-state index is 12.2. The number of hydrogen-bond acceptors (Lipinski definition) is 6. The quantitative estimate of drug-likeness (QED) is 0.329. The first-order chi connectivity index (χ1) is 14.2. The number of rotatable bonds is 9. The smallest absolute Gasteiger partial charge is 0.250 e. The number of aromatic nitrogens is 2. The predicted octanol–water partition coefficient (Wildman–Crippen LogP) is 3.71. The summed E-state index contributed by atoms with van der Waals surface area (Å²) in [6, 6.07) is 13.4. The molecule has 8 heteroatoms. The number of methoxy groups -OCH3 is 1. The van der Waals surface area contributed by atoms with Gasteiger partial charge in [0.15, 0.2) is 16.7 Å². The Morgan fingerprint density at radius 2 is 2.07 bits per heavy atom. The van der Waals surface area contributed by atoms with Crippen LogP contribution in [0.5, 0.6) is 11.5 Å². The van der Waals surface area contributed by atoms with Crippen molar-refractivity contribution in [2.45, 2.75) is 25.5 Å². The molecule has 0 aliphatic rings. The zero-order valence-electron chi connectivity index (χ0n) is 16.7. The molecule has 0 aliphatic carbocycles. The van der Waals surface area contributed by atoms with E-state index < -0.39 is 0 Å². The van der Waals surface area contributed by atoms with Crippen LogP contribution in [0.2, 0.25) is 0 Å². The highest BCUT2D eigenvalue weighted by Gasteiger charge is 2.11. The van der Waals surface area contributed by atoms with Crippen LogP contribution in [0.4, 0.5) is 0 Å². The summed E-state index contributed by atoms with van der Waals surface area (Å²) < 4.78 is 12.9. The monoisotopic (exact) mass is 412 g/mol. The fourth-order valence-corrected chi connectivity index (χ4v) is 3.72. The molecule has 7 nitrogen and oxygen atoms in total. The van der Waals surface area contributed by atoms with E-state index >= 15 is 0 Å². The second-order valence-corrected chi connectivity index (χ2v) is 7.00. The van der Waals surface area contributed by atoms with Crippen LogP contribution in [0, 0.1) is 0 Å². The zero-order chi connectivity index (χ0) is 20.6. The molecule has 3 rings (SSSR count). The Hall–Kier alpha value is -3.00. The van der Waals surface area contributed by atoms with Gasteiger partial charge in [0.05, 0.1) is 36.7 Å². The molecule has 0 aliphatic heterocycles. The first kappa shape index (κ1) is 20.7. The highest BCUT2D eigenvalue weighted by molar-refractivity contribution is 7.99. The van der Waals surface area contributed by atoms with Crippen molar-refractivity contribution in [2.75, 3.05) is 19.5 Å². The van der Waals surface area contributed by atoms with Gasteiger partial charge in [-0.3, -0.25) is 4.79 Å². The van der Waals surface area contributed by atoms with Crippen LogP contribution >= 0.6 is 11.8 Å². The number of nitrogens with one attached hydrogen (secondary N) is 1. The molecule has 0 radical (unpaired) electrons. The molecule has 0 unspecified atom stereocenters. The largest absolute Gasteiger partial charge is 0.493 e. The van der Waals surface area contributed by atoms with Crippen molar-refractivity contribution in [3.05, 3.63) is 48.0 Å². The molecule has 0 fully saturated rings. The van der Waals surface area contributed by atoms with Gasteiger partial charge in [-0.05, 0) is 49.7 Å². The van der Waals surface area contributed by atoms with Crippen molar-refractivity contribution in [2.24, 2.45) is 5.10 Å². The molecule has 152 valence electrons. The Balaban J connectivity index is 1.58. The van der Waals surface area contributed by atoms with Crippen LogP contribution in [0.15, 0.2) is 52.7 Å². The molecule has 0 saturated heterocycles. The lowest BCUT2D eigenvalue weighted by atomic mass is 10.2. The van der Waals surface area contributed by atoms with Crippen LogP contribution in [-0.4, -0.2) is 41.1 Å². The number of aryl methyl sites for hydroxylation is 1. The van der Waals surface area contributed by atoms with Crippen molar-refractivity contribution in [3.8, 4) is 11.5 Å². The average molecular weight is 413 g/mol. The molecule has 1 aromatic heterocycles. The fraction of sp³-hybridized carbons (Fsp3) is 0.286. The highest BCUT2D eigenvalue weighted by Crippen LogP contribution is 2.27. The van der Waals surface area contributed by atoms with Crippen LogP contribution < -0.4 is 14.9 Å². The molecule has 0 saturated carbocycles. The first-order valence-corrected chi connectivity index (χ1v) is 10.4. The van der Waals surface area contributed by atoms with Crippen molar-refractivity contribution in [1.29, 1.82) is 0 Å². The molecule has 0 atom stereocenters. The van der Waals surface area contributed by atoms with Crippen LogP contribution in [0.25, 0.3) is 11.0 Å². The Morgan fingerprint density at radius 3 is 2.83 bits per heavy atom. The number of carbonyl (C=O) groups excluding carboxylic acids is 1. The number of carbonyl (C=O) groups is 1.